The maximum Gasteiger partial charge on any atom is 0.306 e. The van der Waals surface area contributed by atoms with Gasteiger partial charge in [0.15, 0.2) is 6.10 Å². The third kappa shape index (κ3) is 41.6. The summed E-state index contributed by atoms with van der Waals surface area (Å²) in [4.78, 5) is 37.5. The summed E-state index contributed by atoms with van der Waals surface area (Å²) >= 11 is 0. The lowest BCUT2D eigenvalue weighted by molar-refractivity contribution is -0.167. The van der Waals surface area contributed by atoms with E-state index in [2.05, 4.69) is 106 Å². The van der Waals surface area contributed by atoms with Crippen LogP contribution in [0.3, 0.4) is 0 Å². The molecule has 0 rings (SSSR count). The highest BCUT2D eigenvalue weighted by Crippen LogP contribution is 2.12. The minimum atomic E-state index is -0.797. The number of hydrogen-bond acceptors (Lipinski definition) is 6. The Morgan fingerprint density at radius 1 is 0.382 bits per heavy atom. The molecule has 0 amide bonds. The summed E-state index contributed by atoms with van der Waals surface area (Å²) in [6, 6.07) is 0. The Labute approximate surface area is 337 Å². The molecule has 0 aliphatic heterocycles. The number of esters is 3. The second kappa shape index (κ2) is 43.3. The van der Waals surface area contributed by atoms with Crippen molar-refractivity contribution in [3.05, 3.63) is 85.1 Å². The fourth-order valence-corrected chi connectivity index (χ4v) is 5.62. The number of allylic oxidation sites excluding steroid dienone is 14. The molecule has 0 heterocycles. The van der Waals surface area contributed by atoms with Crippen LogP contribution < -0.4 is 0 Å². The van der Waals surface area contributed by atoms with E-state index in [1.807, 2.05) is 0 Å². The largest absolute Gasteiger partial charge is 0.462 e. The molecule has 1 unspecified atom stereocenters. The Morgan fingerprint density at radius 3 is 1.15 bits per heavy atom. The molecule has 0 fully saturated rings. The van der Waals surface area contributed by atoms with Crippen LogP contribution in [0.4, 0.5) is 0 Å². The van der Waals surface area contributed by atoms with Crippen LogP contribution in [0.15, 0.2) is 85.1 Å². The van der Waals surface area contributed by atoms with Crippen molar-refractivity contribution in [1.29, 1.82) is 0 Å². The normalized spacial score (nSPS) is 12.9. The van der Waals surface area contributed by atoms with Gasteiger partial charge in [-0.15, -0.1) is 0 Å². The van der Waals surface area contributed by atoms with Crippen LogP contribution in [-0.4, -0.2) is 37.2 Å². The average Bonchev–Trinajstić information content (AvgIpc) is 3.18. The van der Waals surface area contributed by atoms with Crippen LogP contribution in [-0.2, 0) is 28.6 Å². The minimum Gasteiger partial charge on any atom is -0.462 e. The van der Waals surface area contributed by atoms with Gasteiger partial charge < -0.3 is 14.2 Å². The van der Waals surface area contributed by atoms with Crippen LogP contribution in [0.25, 0.3) is 0 Å². The second-order valence-corrected chi connectivity index (χ2v) is 14.2. The van der Waals surface area contributed by atoms with Crippen LogP contribution in [0, 0.1) is 0 Å². The Kier molecular flexibility index (Phi) is 40.6. The van der Waals surface area contributed by atoms with Crippen molar-refractivity contribution in [2.45, 2.75) is 194 Å². The maximum absolute atomic E-state index is 12.6. The zero-order valence-corrected chi connectivity index (χ0v) is 35.4. The molecule has 0 bridgehead atoms. The summed E-state index contributed by atoms with van der Waals surface area (Å²) in [5, 5.41) is 0. The quantitative estimate of drug-likeness (QED) is 0.0270. The van der Waals surface area contributed by atoms with Crippen LogP contribution >= 0.6 is 0 Å². The summed E-state index contributed by atoms with van der Waals surface area (Å²) in [6.45, 7) is 6.25. The SMILES string of the molecule is CC/C=C\C/C=C\C/C=C\C/C=C\CCCCC(=O)OC(COC(=O)CCCCCCC)COC(=O)CCCCCCCCC/C=C\C/C=C\C/C=C\CC. The molecule has 1 atom stereocenters. The van der Waals surface area contributed by atoms with Crippen molar-refractivity contribution in [3.63, 3.8) is 0 Å². The van der Waals surface area contributed by atoms with Gasteiger partial charge in [0.25, 0.3) is 0 Å². The lowest BCUT2D eigenvalue weighted by Crippen LogP contribution is -2.30. The van der Waals surface area contributed by atoms with Gasteiger partial charge in [-0.1, -0.05) is 164 Å². The van der Waals surface area contributed by atoms with E-state index in [0.717, 1.165) is 116 Å². The Balaban J connectivity index is 4.33. The summed E-state index contributed by atoms with van der Waals surface area (Å²) in [6.07, 6.45) is 54.5. The molecular weight excluding hydrogens is 685 g/mol. The molecule has 0 aromatic carbocycles. The number of unbranched alkanes of at least 4 members (excludes halogenated alkanes) is 13. The molecule has 6 nitrogen and oxygen atoms in total. The molecule has 0 saturated heterocycles. The predicted octanol–water partition coefficient (Wildman–Crippen LogP) is 14.1. The third-order valence-corrected chi connectivity index (χ3v) is 8.90. The van der Waals surface area contributed by atoms with Gasteiger partial charge >= 0.3 is 17.9 Å². The molecule has 0 aliphatic rings. The molecule has 0 radical (unpaired) electrons. The Morgan fingerprint density at radius 2 is 0.709 bits per heavy atom. The topological polar surface area (TPSA) is 78.9 Å². The zero-order valence-electron chi connectivity index (χ0n) is 35.4. The van der Waals surface area contributed by atoms with Gasteiger partial charge in [0.2, 0.25) is 0 Å². The molecule has 0 spiro atoms. The molecule has 0 saturated carbocycles. The number of rotatable bonds is 38. The highest BCUT2D eigenvalue weighted by Gasteiger charge is 2.19. The molecule has 55 heavy (non-hydrogen) atoms. The second-order valence-electron chi connectivity index (χ2n) is 14.2. The van der Waals surface area contributed by atoms with E-state index in [0.29, 0.717) is 19.3 Å². The van der Waals surface area contributed by atoms with Crippen molar-refractivity contribution >= 4 is 17.9 Å². The molecule has 0 aromatic rings. The first-order chi connectivity index (χ1) is 27.0. The van der Waals surface area contributed by atoms with E-state index in [-0.39, 0.29) is 37.5 Å². The van der Waals surface area contributed by atoms with Crippen LogP contribution in [0.5, 0.6) is 0 Å². The van der Waals surface area contributed by atoms with Gasteiger partial charge in [0.1, 0.15) is 13.2 Å². The van der Waals surface area contributed by atoms with Crippen molar-refractivity contribution in [3.8, 4) is 0 Å². The highest BCUT2D eigenvalue weighted by atomic mass is 16.6. The highest BCUT2D eigenvalue weighted by molar-refractivity contribution is 5.71. The lowest BCUT2D eigenvalue weighted by Gasteiger charge is -2.18. The van der Waals surface area contributed by atoms with Crippen molar-refractivity contribution in [2.24, 2.45) is 0 Å². The van der Waals surface area contributed by atoms with E-state index in [4.69, 9.17) is 14.2 Å². The van der Waals surface area contributed by atoms with Gasteiger partial charge in [-0.05, 0) is 89.9 Å². The number of hydrogen-bond donors (Lipinski definition) is 0. The van der Waals surface area contributed by atoms with Crippen molar-refractivity contribution in [2.75, 3.05) is 13.2 Å². The van der Waals surface area contributed by atoms with Gasteiger partial charge in [-0.25, -0.2) is 0 Å². The van der Waals surface area contributed by atoms with Gasteiger partial charge in [0.05, 0.1) is 0 Å². The fraction of sp³-hybridized carbons (Fsp3) is 0.653. The van der Waals surface area contributed by atoms with Crippen LogP contribution in [0.1, 0.15) is 188 Å². The Bertz CT molecular complexity index is 1110. The lowest BCUT2D eigenvalue weighted by atomic mass is 10.1. The smallest absolute Gasteiger partial charge is 0.306 e. The predicted molar refractivity (Wildman–Crippen MR) is 233 cm³/mol. The number of ether oxygens (including phenoxy) is 3. The van der Waals surface area contributed by atoms with Gasteiger partial charge in [-0.3, -0.25) is 14.4 Å². The number of carbonyl (C=O) groups is 3. The monoisotopic (exact) mass is 765 g/mol. The first-order valence-electron chi connectivity index (χ1n) is 22.1. The molecule has 6 heteroatoms. The Hall–Kier alpha value is -3.41. The van der Waals surface area contributed by atoms with E-state index in [1.165, 1.54) is 25.7 Å². The third-order valence-electron chi connectivity index (χ3n) is 8.90. The van der Waals surface area contributed by atoms with Crippen molar-refractivity contribution in [1.82, 2.24) is 0 Å². The summed E-state index contributed by atoms with van der Waals surface area (Å²) < 4.78 is 16.5. The standard InChI is InChI=1S/C49H80O6/c1-4-7-10-13-15-17-19-21-23-24-26-27-29-31-33-36-39-42-48(51)54-45-46(44-53-47(50)41-38-35-12-9-6-3)55-49(52)43-40-37-34-32-30-28-25-22-20-18-16-14-11-8-5-2/h7-8,10-11,15-18,21-23,25,30,32,46H,4-6,9,12-14,19-20,24,26-29,31,33-45H2,1-3H3/b10-7-,11-8-,17-15-,18-16-,23-21-,25-22-,32-30-. The van der Waals surface area contributed by atoms with Gasteiger partial charge in [0, 0.05) is 19.3 Å². The molecule has 0 aliphatic carbocycles. The van der Waals surface area contributed by atoms with E-state index >= 15 is 0 Å². The average molecular weight is 765 g/mol. The number of carbonyl (C=O) groups excluding carboxylic acids is 3. The van der Waals surface area contributed by atoms with Gasteiger partial charge in [-0.2, -0.15) is 0 Å². The van der Waals surface area contributed by atoms with E-state index < -0.39 is 6.10 Å². The van der Waals surface area contributed by atoms with Crippen molar-refractivity contribution < 1.29 is 28.6 Å². The van der Waals surface area contributed by atoms with E-state index in [1.54, 1.807) is 0 Å². The van der Waals surface area contributed by atoms with Crippen LogP contribution in [0.2, 0.25) is 0 Å². The molecule has 312 valence electrons. The summed E-state index contributed by atoms with van der Waals surface area (Å²) in [5.41, 5.74) is 0. The molecule has 0 N–H and O–H groups in total. The fourth-order valence-electron chi connectivity index (χ4n) is 5.62. The molecule has 0 aromatic heterocycles. The molecular formula is C49H80O6. The summed E-state index contributed by atoms with van der Waals surface area (Å²) in [7, 11) is 0. The first kappa shape index (κ1) is 51.6. The minimum absolute atomic E-state index is 0.0987. The first-order valence-corrected chi connectivity index (χ1v) is 22.1. The summed E-state index contributed by atoms with van der Waals surface area (Å²) in [5.74, 6) is -0.974. The van der Waals surface area contributed by atoms with E-state index in [9.17, 15) is 14.4 Å². The maximum atomic E-state index is 12.6. The zero-order chi connectivity index (χ0) is 40.1.